The van der Waals surface area contributed by atoms with Gasteiger partial charge < -0.3 is 5.73 Å². The highest BCUT2D eigenvalue weighted by molar-refractivity contribution is 5.63. The molecule has 0 aliphatic heterocycles. The first-order valence-corrected chi connectivity index (χ1v) is 5.26. The van der Waals surface area contributed by atoms with Gasteiger partial charge in [0.15, 0.2) is 0 Å². The molecule has 0 unspecified atom stereocenters. The zero-order valence-electron chi connectivity index (χ0n) is 9.28. The summed E-state index contributed by atoms with van der Waals surface area (Å²) < 4.78 is 1.56. The van der Waals surface area contributed by atoms with Crippen LogP contribution in [-0.2, 0) is 0 Å². The molecule has 0 amide bonds. The Kier molecular flexibility index (Phi) is 2.17. The van der Waals surface area contributed by atoms with Crippen molar-refractivity contribution < 1.29 is 0 Å². The van der Waals surface area contributed by atoms with Crippen LogP contribution in [0.3, 0.4) is 0 Å². The predicted molar refractivity (Wildman–Crippen MR) is 65.3 cm³/mol. The monoisotopic (exact) mass is 236 g/mol. The van der Waals surface area contributed by atoms with Gasteiger partial charge in [-0.05, 0) is 18.2 Å². The third-order valence-electron chi connectivity index (χ3n) is 2.54. The van der Waals surface area contributed by atoms with E-state index in [1.54, 1.807) is 28.9 Å². The Hall–Kier alpha value is -2.94. The second-order valence-corrected chi connectivity index (χ2v) is 3.70. The fraction of sp³-hybridized carbons (Fsp3) is 0. The third-order valence-corrected chi connectivity index (χ3v) is 2.54. The number of fused-ring (bicyclic) bond motifs is 1. The molecule has 1 aromatic carbocycles. The maximum atomic E-state index is 8.91. The van der Waals surface area contributed by atoms with E-state index in [2.05, 4.69) is 21.1 Å². The number of nitrogen functional groups attached to an aromatic ring is 1. The predicted octanol–water partition coefficient (Wildman–Crippen LogP) is 1.25. The summed E-state index contributed by atoms with van der Waals surface area (Å²) in [5.74, 6) is 0.610. The van der Waals surface area contributed by atoms with Crippen LogP contribution in [-0.4, -0.2) is 19.6 Å². The number of aromatic nitrogens is 4. The maximum absolute atomic E-state index is 8.91. The smallest absolute Gasteiger partial charge is 0.254 e. The van der Waals surface area contributed by atoms with Gasteiger partial charge in [-0.3, -0.25) is 0 Å². The van der Waals surface area contributed by atoms with E-state index in [1.165, 1.54) is 0 Å². The summed E-state index contributed by atoms with van der Waals surface area (Å²) in [6, 6.07) is 11.2. The van der Waals surface area contributed by atoms with E-state index in [0.29, 0.717) is 11.3 Å². The summed E-state index contributed by atoms with van der Waals surface area (Å²) in [5.41, 5.74) is 7.81. The minimum atomic E-state index is 0.173. The summed E-state index contributed by atoms with van der Waals surface area (Å²) in [4.78, 5) is 8.07. The zero-order chi connectivity index (χ0) is 12.5. The molecule has 0 spiro atoms. The van der Waals surface area contributed by atoms with Crippen LogP contribution in [0.25, 0.3) is 17.0 Å². The number of nitrogens with zero attached hydrogens (tertiary/aromatic N) is 5. The van der Waals surface area contributed by atoms with Crippen molar-refractivity contribution in [3.63, 3.8) is 0 Å². The molecule has 0 aliphatic rings. The van der Waals surface area contributed by atoms with Gasteiger partial charge in [0.25, 0.3) is 5.78 Å². The van der Waals surface area contributed by atoms with Gasteiger partial charge in [-0.2, -0.15) is 14.8 Å². The number of hydrogen-bond acceptors (Lipinski definition) is 5. The Balaban J connectivity index is 2.28. The Morgan fingerprint density at radius 1 is 1.28 bits per heavy atom. The van der Waals surface area contributed by atoms with Crippen LogP contribution in [0, 0.1) is 11.3 Å². The van der Waals surface area contributed by atoms with E-state index >= 15 is 0 Å². The van der Waals surface area contributed by atoms with Gasteiger partial charge in [0.05, 0.1) is 17.3 Å². The van der Waals surface area contributed by atoms with Crippen molar-refractivity contribution in [2.45, 2.75) is 0 Å². The Morgan fingerprint density at radius 3 is 3.00 bits per heavy atom. The van der Waals surface area contributed by atoms with Crippen LogP contribution in [0.1, 0.15) is 5.56 Å². The second kappa shape index (κ2) is 3.82. The number of nitrogens with two attached hydrogens (primary N) is 1. The van der Waals surface area contributed by atoms with Crippen LogP contribution in [0.2, 0.25) is 0 Å². The van der Waals surface area contributed by atoms with Crippen molar-refractivity contribution in [3.8, 4) is 17.3 Å². The van der Waals surface area contributed by atoms with Gasteiger partial charge in [0.1, 0.15) is 0 Å². The molecule has 0 aliphatic carbocycles. The molecule has 0 saturated heterocycles. The van der Waals surface area contributed by atoms with Crippen LogP contribution in [0.4, 0.5) is 5.95 Å². The fourth-order valence-electron chi connectivity index (χ4n) is 1.78. The van der Waals surface area contributed by atoms with Crippen molar-refractivity contribution in [2.24, 2.45) is 0 Å². The number of nitriles is 1. The number of hydrogen-bond donors (Lipinski definition) is 1. The second-order valence-electron chi connectivity index (χ2n) is 3.70. The highest BCUT2D eigenvalue weighted by atomic mass is 15.4. The lowest BCUT2D eigenvalue weighted by molar-refractivity contribution is 0.953. The average Bonchev–Trinajstić information content (AvgIpc) is 2.78. The van der Waals surface area contributed by atoms with Gasteiger partial charge in [-0.1, -0.05) is 12.1 Å². The van der Waals surface area contributed by atoms with Gasteiger partial charge in [-0.15, -0.1) is 5.10 Å². The van der Waals surface area contributed by atoms with E-state index in [0.717, 1.165) is 11.3 Å². The first-order valence-electron chi connectivity index (χ1n) is 5.26. The molecule has 3 rings (SSSR count). The largest absolute Gasteiger partial charge is 0.366 e. The molecule has 2 heterocycles. The molecule has 0 bridgehead atoms. The van der Waals surface area contributed by atoms with Gasteiger partial charge in [-0.25, -0.2) is 4.98 Å². The Morgan fingerprint density at radius 2 is 2.17 bits per heavy atom. The molecule has 6 heteroatoms. The summed E-state index contributed by atoms with van der Waals surface area (Å²) in [7, 11) is 0. The lowest BCUT2D eigenvalue weighted by atomic mass is 10.1. The first-order chi connectivity index (χ1) is 8.78. The highest BCUT2D eigenvalue weighted by Crippen LogP contribution is 2.20. The van der Waals surface area contributed by atoms with E-state index < -0.39 is 0 Å². The highest BCUT2D eigenvalue weighted by Gasteiger charge is 2.08. The van der Waals surface area contributed by atoms with Crippen molar-refractivity contribution in [1.29, 1.82) is 5.26 Å². The third kappa shape index (κ3) is 1.55. The number of anilines is 1. The molecule has 6 nitrogen and oxygen atoms in total. The molecule has 86 valence electrons. The number of benzene rings is 1. The molecule has 2 N–H and O–H groups in total. The van der Waals surface area contributed by atoms with Crippen LogP contribution in [0.5, 0.6) is 0 Å². The fourth-order valence-corrected chi connectivity index (χ4v) is 1.78. The summed E-state index contributed by atoms with van der Waals surface area (Å²) in [6.07, 6.45) is 1.64. The minimum Gasteiger partial charge on any atom is -0.366 e. The lowest BCUT2D eigenvalue weighted by Crippen LogP contribution is -1.96. The molecule has 0 saturated carbocycles. The van der Waals surface area contributed by atoms with E-state index in [4.69, 9.17) is 11.0 Å². The van der Waals surface area contributed by atoms with E-state index in [-0.39, 0.29) is 5.95 Å². The molecule has 2 aromatic heterocycles. The van der Waals surface area contributed by atoms with Gasteiger partial charge >= 0.3 is 0 Å². The molecule has 0 fully saturated rings. The van der Waals surface area contributed by atoms with Crippen molar-refractivity contribution in [1.82, 2.24) is 19.6 Å². The standard InChI is InChI=1S/C12H8N6/c13-7-8-2-1-3-9(6-8)10-4-5-15-12-16-11(14)17-18(10)12/h1-6H,(H2,14,17). The minimum absolute atomic E-state index is 0.173. The quantitative estimate of drug-likeness (QED) is 0.686. The molecule has 0 atom stereocenters. The molecular weight excluding hydrogens is 228 g/mol. The van der Waals surface area contributed by atoms with Crippen molar-refractivity contribution in [2.75, 3.05) is 5.73 Å². The van der Waals surface area contributed by atoms with Crippen molar-refractivity contribution >= 4 is 11.7 Å². The normalized spacial score (nSPS) is 10.4. The molecule has 3 aromatic rings. The first kappa shape index (κ1) is 10.2. The van der Waals surface area contributed by atoms with Crippen LogP contribution in [0.15, 0.2) is 36.5 Å². The van der Waals surface area contributed by atoms with E-state index in [9.17, 15) is 0 Å². The van der Waals surface area contributed by atoms with Gasteiger partial charge in [0, 0.05) is 11.8 Å². The summed E-state index contributed by atoms with van der Waals surface area (Å²) >= 11 is 0. The topological polar surface area (TPSA) is 92.9 Å². The molecule has 0 radical (unpaired) electrons. The summed E-state index contributed by atoms with van der Waals surface area (Å²) in [5, 5.41) is 13.0. The Bertz CT molecular complexity index is 768. The average molecular weight is 236 g/mol. The lowest BCUT2D eigenvalue weighted by Gasteiger charge is -2.03. The number of rotatable bonds is 1. The Labute approximate surface area is 102 Å². The molecule has 18 heavy (non-hydrogen) atoms. The van der Waals surface area contributed by atoms with Gasteiger partial charge in [0.2, 0.25) is 5.95 Å². The maximum Gasteiger partial charge on any atom is 0.254 e. The van der Waals surface area contributed by atoms with E-state index in [1.807, 2.05) is 12.1 Å². The van der Waals surface area contributed by atoms with Crippen LogP contribution < -0.4 is 5.73 Å². The van der Waals surface area contributed by atoms with Crippen molar-refractivity contribution in [3.05, 3.63) is 42.1 Å². The zero-order valence-corrected chi connectivity index (χ0v) is 9.28. The SMILES string of the molecule is N#Cc1cccc(-c2ccnc3nc(N)nn23)c1. The molecular formula is C12H8N6. The summed E-state index contributed by atoms with van der Waals surface area (Å²) in [6.45, 7) is 0. The van der Waals surface area contributed by atoms with Crippen LogP contribution >= 0.6 is 0 Å².